The molecule has 1 fully saturated rings. The monoisotopic (exact) mass is 254 g/mol. The Hall–Kier alpha value is -1.62. The molecule has 1 saturated carbocycles. The van der Waals surface area contributed by atoms with Crippen LogP contribution in [0.5, 0.6) is 5.75 Å². The van der Waals surface area contributed by atoms with Crippen LogP contribution < -0.4 is 4.74 Å². The second-order valence-electron chi connectivity index (χ2n) is 4.28. The molecule has 98 valence electrons. The van der Waals surface area contributed by atoms with Crippen molar-refractivity contribution in [1.82, 2.24) is 0 Å². The minimum atomic E-state index is -1.53. The maximum Gasteiger partial charge on any atom is 0.339 e. The Kier molecular flexibility index (Phi) is 3.81. The average Bonchev–Trinajstić information content (AvgIpc) is 2.33. The molecule has 1 aliphatic carbocycles. The van der Waals surface area contributed by atoms with Crippen LogP contribution in [0.2, 0.25) is 0 Å². The van der Waals surface area contributed by atoms with Crippen LogP contribution in [0.3, 0.4) is 0 Å². The molecule has 1 aromatic carbocycles. The second-order valence-corrected chi connectivity index (χ2v) is 4.28. The first-order valence-electron chi connectivity index (χ1n) is 5.84. The highest BCUT2D eigenvalue weighted by Crippen LogP contribution is 2.31. The molecule has 0 radical (unpaired) electrons. The van der Waals surface area contributed by atoms with E-state index in [0.717, 1.165) is 32.4 Å². The lowest BCUT2D eigenvalue weighted by Gasteiger charge is -2.28. The summed E-state index contributed by atoms with van der Waals surface area (Å²) in [6.07, 6.45) is 1.52. The molecule has 1 aliphatic rings. The van der Waals surface area contributed by atoms with Crippen LogP contribution in [0, 0.1) is 5.82 Å². The number of hydrogen-bond donors (Lipinski definition) is 1. The molecule has 1 unspecified atom stereocenters. The number of methoxy groups -OCH3 is 1. The third-order valence-electron chi connectivity index (χ3n) is 3.04. The molecule has 2 rings (SSSR count). The third kappa shape index (κ3) is 2.61. The lowest BCUT2D eigenvalue weighted by molar-refractivity contribution is -0.150. The van der Waals surface area contributed by atoms with Crippen LogP contribution >= 0.6 is 0 Å². The standard InChI is InChI=1S/C13H15FO4/c1-17-13(16)12(15)10-7-8(14)5-6-11(10)18-9-3-2-4-9/h5-7,9,12,15H,2-4H2,1H3. The van der Waals surface area contributed by atoms with Crippen molar-refractivity contribution in [1.29, 1.82) is 0 Å². The van der Waals surface area contributed by atoms with Gasteiger partial charge in [0.1, 0.15) is 11.6 Å². The molecule has 5 heteroatoms. The molecule has 0 aliphatic heterocycles. The first-order valence-corrected chi connectivity index (χ1v) is 5.84. The lowest BCUT2D eigenvalue weighted by atomic mass is 9.96. The van der Waals surface area contributed by atoms with Gasteiger partial charge in [0.2, 0.25) is 0 Å². The summed E-state index contributed by atoms with van der Waals surface area (Å²) < 4.78 is 23.2. The Labute approximate surface area is 104 Å². The van der Waals surface area contributed by atoms with Crippen molar-refractivity contribution in [2.24, 2.45) is 0 Å². The first-order chi connectivity index (χ1) is 8.61. The van der Waals surface area contributed by atoms with Crippen LogP contribution in [-0.4, -0.2) is 24.3 Å². The molecule has 0 aromatic heterocycles. The Morgan fingerprint density at radius 2 is 2.22 bits per heavy atom. The lowest BCUT2D eigenvalue weighted by Crippen LogP contribution is -2.26. The van der Waals surface area contributed by atoms with Crippen LogP contribution in [0.1, 0.15) is 30.9 Å². The number of halogens is 1. The summed E-state index contributed by atoms with van der Waals surface area (Å²) in [5, 5.41) is 9.78. The van der Waals surface area contributed by atoms with E-state index < -0.39 is 17.9 Å². The smallest absolute Gasteiger partial charge is 0.339 e. The number of esters is 1. The summed E-state index contributed by atoms with van der Waals surface area (Å²) in [4.78, 5) is 11.3. The number of aliphatic hydroxyl groups is 1. The van der Waals surface area contributed by atoms with Crippen molar-refractivity contribution in [2.45, 2.75) is 31.5 Å². The molecule has 4 nitrogen and oxygen atoms in total. The number of carbonyl (C=O) groups excluding carboxylic acids is 1. The van der Waals surface area contributed by atoms with Gasteiger partial charge in [0.25, 0.3) is 0 Å². The number of ether oxygens (including phenoxy) is 2. The van der Waals surface area contributed by atoms with Gasteiger partial charge in [-0.05, 0) is 37.5 Å². The van der Waals surface area contributed by atoms with Crippen LogP contribution in [-0.2, 0) is 9.53 Å². The van der Waals surface area contributed by atoms with Gasteiger partial charge in [-0.15, -0.1) is 0 Å². The maximum absolute atomic E-state index is 13.2. The van der Waals surface area contributed by atoms with Gasteiger partial charge < -0.3 is 14.6 Å². The molecule has 1 N–H and O–H groups in total. The maximum atomic E-state index is 13.2. The molecule has 1 aromatic rings. The Bertz CT molecular complexity index is 443. The molecule has 0 saturated heterocycles. The molecule has 0 heterocycles. The van der Waals surface area contributed by atoms with E-state index in [1.807, 2.05) is 0 Å². The third-order valence-corrected chi connectivity index (χ3v) is 3.04. The summed E-state index contributed by atoms with van der Waals surface area (Å²) >= 11 is 0. The summed E-state index contributed by atoms with van der Waals surface area (Å²) in [6.45, 7) is 0. The summed E-state index contributed by atoms with van der Waals surface area (Å²) in [6, 6.07) is 3.76. The number of benzene rings is 1. The zero-order valence-electron chi connectivity index (χ0n) is 10.1. The highest BCUT2D eigenvalue weighted by molar-refractivity contribution is 5.77. The van der Waals surface area contributed by atoms with Crippen molar-refractivity contribution in [3.63, 3.8) is 0 Å². The fraction of sp³-hybridized carbons (Fsp3) is 0.462. The van der Waals surface area contributed by atoms with Crippen molar-refractivity contribution >= 4 is 5.97 Å². The number of hydrogen-bond acceptors (Lipinski definition) is 4. The highest BCUT2D eigenvalue weighted by atomic mass is 19.1. The summed E-state index contributed by atoms with van der Waals surface area (Å²) in [5.74, 6) is -1.04. The van der Waals surface area contributed by atoms with E-state index in [-0.39, 0.29) is 11.7 Å². The van der Waals surface area contributed by atoms with E-state index in [1.165, 1.54) is 12.1 Å². The molecule has 0 amide bonds. The Morgan fingerprint density at radius 1 is 1.50 bits per heavy atom. The minimum Gasteiger partial charge on any atom is -0.490 e. The average molecular weight is 254 g/mol. The summed E-state index contributed by atoms with van der Waals surface area (Å²) in [7, 11) is 1.16. The predicted molar refractivity (Wildman–Crippen MR) is 61.6 cm³/mol. The van der Waals surface area contributed by atoms with Gasteiger partial charge in [-0.2, -0.15) is 0 Å². The minimum absolute atomic E-state index is 0.0825. The van der Waals surface area contributed by atoms with Gasteiger partial charge in [-0.25, -0.2) is 9.18 Å². The van der Waals surface area contributed by atoms with Gasteiger partial charge in [0.15, 0.2) is 6.10 Å². The normalized spacial score (nSPS) is 16.8. The molecule has 0 spiro atoms. The van der Waals surface area contributed by atoms with Gasteiger partial charge in [-0.1, -0.05) is 0 Å². The van der Waals surface area contributed by atoms with E-state index >= 15 is 0 Å². The van der Waals surface area contributed by atoms with E-state index in [9.17, 15) is 14.3 Å². The van der Waals surface area contributed by atoms with Crippen molar-refractivity contribution in [3.8, 4) is 5.75 Å². The Morgan fingerprint density at radius 3 is 2.78 bits per heavy atom. The second kappa shape index (κ2) is 5.35. The van der Waals surface area contributed by atoms with E-state index in [2.05, 4.69) is 4.74 Å². The topological polar surface area (TPSA) is 55.8 Å². The SMILES string of the molecule is COC(=O)C(O)c1cc(F)ccc1OC1CCC1. The van der Waals surface area contributed by atoms with E-state index in [4.69, 9.17) is 4.74 Å². The van der Waals surface area contributed by atoms with E-state index in [1.54, 1.807) is 0 Å². The van der Waals surface area contributed by atoms with Crippen LogP contribution in [0.15, 0.2) is 18.2 Å². The number of carbonyl (C=O) groups is 1. The zero-order valence-corrected chi connectivity index (χ0v) is 10.1. The van der Waals surface area contributed by atoms with Crippen molar-refractivity contribution in [3.05, 3.63) is 29.6 Å². The van der Waals surface area contributed by atoms with E-state index in [0.29, 0.717) is 5.75 Å². The van der Waals surface area contributed by atoms with Crippen LogP contribution in [0.4, 0.5) is 4.39 Å². The fourth-order valence-corrected chi connectivity index (χ4v) is 1.75. The Balaban J connectivity index is 2.24. The van der Waals surface area contributed by atoms with Gasteiger partial charge in [-0.3, -0.25) is 0 Å². The molecule has 1 atom stereocenters. The highest BCUT2D eigenvalue weighted by Gasteiger charge is 2.26. The van der Waals surface area contributed by atoms with Crippen LogP contribution in [0.25, 0.3) is 0 Å². The predicted octanol–water partition coefficient (Wildman–Crippen LogP) is 1.96. The van der Waals surface area contributed by atoms with Gasteiger partial charge in [0.05, 0.1) is 13.2 Å². The number of rotatable bonds is 4. The fourth-order valence-electron chi connectivity index (χ4n) is 1.75. The largest absolute Gasteiger partial charge is 0.490 e. The van der Waals surface area contributed by atoms with Crippen molar-refractivity contribution < 1.29 is 23.8 Å². The first kappa shape index (κ1) is 12.8. The molecular weight excluding hydrogens is 239 g/mol. The van der Waals surface area contributed by atoms with Gasteiger partial charge in [0, 0.05) is 5.56 Å². The quantitative estimate of drug-likeness (QED) is 0.834. The molecule has 18 heavy (non-hydrogen) atoms. The number of aliphatic hydroxyl groups excluding tert-OH is 1. The zero-order chi connectivity index (χ0) is 13.1. The molecular formula is C13H15FO4. The molecule has 0 bridgehead atoms. The van der Waals surface area contributed by atoms with Crippen molar-refractivity contribution in [2.75, 3.05) is 7.11 Å². The van der Waals surface area contributed by atoms with Gasteiger partial charge >= 0.3 is 5.97 Å². The summed E-state index contributed by atoms with van der Waals surface area (Å²) in [5.41, 5.74) is 0.105.